The van der Waals surface area contributed by atoms with Crippen molar-refractivity contribution >= 4 is 17.9 Å². The van der Waals surface area contributed by atoms with Crippen molar-refractivity contribution in [2.75, 3.05) is 13.2 Å². The monoisotopic (exact) mass is 845 g/mol. The van der Waals surface area contributed by atoms with Gasteiger partial charge in [-0.1, -0.05) is 201 Å². The van der Waals surface area contributed by atoms with Gasteiger partial charge in [-0.2, -0.15) is 0 Å². The molecule has 0 saturated heterocycles. The van der Waals surface area contributed by atoms with E-state index in [4.69, 9.17) is 14.2 Å². The topological polar surface area (TPSA) is 78.9 Å². The van der Waals surface area contributed by atoms with Crippen molar-refractivity contribution in [2.45, 2.75) is 207 Å². The summed E-state index contributed by atoms with van der Waals surface area (Å²) in [6, 6.07) is 0. The number of unbranched alkanes of at least 4 members (excludes halogenated alkanes) is 17. The van der Waals surface area contributed by atoms with Gasteiger partial charge in [0.15, 0.2) is 6.10 Å². The first-order valence-corrected chi connectivity index (χ1v) is 24.5. The molecule has 0 fully saturated rings. The van der Waals surface area contributed by atoms with Crippen molar-refractivity contribution in [2.24, 2.45) is 0 Å². The van der Waals surface area contributed by atoms with Gasteiger partial charge in [-0.25, -0.2) is 0 Å². The van der Waals surface area contributed by atoms with Gasteiger partial charge >= 0.3 is 17.9 Å². The zero-order valence-corrected chi connectivity index (χ0v) is 39.1. The summed E-state index contributed by atoms with van der Waals surface area (Å²) in [5.41, 5.74) is 0. The Hall–Kier alpha value is -3.93. The number of hydrogen-bond acceptors (Lipinski definition) is 6. The lowest BCUT2D eigenvalue weighted by atomic mass is 10.1. The average molecular weight is 845 g/mol. The summed E-state index contributed by atoms with van der Waals surface area (Å²) in [7, 11) is 0. The second kappa shape index (κ2) is 48.7. The van der Waals surface area contributed by atoms with E-state index in [1.54, 1.807) is 0 Å². The summed E-state index contributed by atoms with van der Waals surface area (Å²) in [6.07, 6.45) is 65.2. The molecule has 0 saturated carbocycles. The fraction of sp³-hybridized carbons (Fsp3) is 0.618. The summed E-state index contributed by atoms with van der Waals surface area (Å²) in [5, 5.41) is 0. The van der Waals surface area contributed by atoms with Crippen LogP contribution in [0, 0.1) is 0 Å². The van der Waals surface area contributed by atoms with Crippen molar-refractivity contribution < 1.29 is 28.6 Å². The van der Waals surface area contributed by atoms with Crippen molar-refractivity contribution in [3.8, 4) is 0 Å². The summed E-state index contributed by atoms with van der Waals surface area (Å²) in [4.78, 5) is 37.8. The van der Waals surface area contributed by atoms with E-state index in [0.29, 0.717) is 19.3 Å². The Morgan fingerprint density at radius 2 is 0.738 bits per heavy atom. The molecular weight excluding hydrogens is 757 g/mol. The Balaban J connectivity index is 4.51. The van der Waals surface area contributed by atoms with Crippen LogP contribution in [-0.4, -0.2) is 37.2 Å². The lowest BCUT2D eigenvalue weighted by Crippen LogP contribution is -2.30. The molecule has 0 N–H and O–H groups in total. The van der Waals surface area contributed by atoms with E-state index in [9.17, 15) is 14.4 Å². The molecule has 1 atom stereocenters. The highest BCUT2D eigenvalue weighted by Crippen LogP contribution is 2.13. The average Bonchev–Trinajstić information content (AvgIpc) is 3.26. The maximum absolute atomic E-state index is 12.7. The Morgan fingerprint density at radius 3 is 1.28 bits per heavy atom. The third-order valence-corrected chi connectivity index (χ3v) is 9.87. The first-order valence-electron chi connectivity index (χ1n) is 24.5. The van der Waals surface area contributed by atoms with Crippen molar-refractivity contribution in [1.82, 2.24) is 0 Å². The van der Waals surface area contributed by atoms with E-state index in [0.717, 1.165) is 77.0 Å². The molecule has 0 aromatic rings. The molecule has 61 heavy (non-hydrogen) atoms. The summed E-state index contributed by atoms with van der Waals surface area (Å²) in [5.74, 6) is -1.06. The second-order valence-electron chi connectivity index (χ2n) is 15.7. The van der Waals surface area contributed by atoms with E-state index < -0.39 is 12.1 Å². The summed E-state index contributed by atoms with van der Waals surface area (Å²) in [6.45, 7) is 6.25. The minimum atomic E-state index is -0.834. The Morgan fingerprint density at radius 1 is 0.361 bits per heavy atom. The molecule has 0 amide bonds. The molecule has 0 aromatic carbocycles. The smallest absolute Gasteiger partial charge is 0.306 e. The van der Waals surface area contributed by atoms with Gasteiger partial charge in [0.25, 0.3) is 0 Å². The number of rotatable bonds is 42. The molecule has 0 aliphatic carbocycles. The van der Waals surface area contributed by atoms with E-state index >= 15 is 0 Å². The Bertz CT molecular complexity index is 1290. The van der Waals surface area contributed by atoms with Gasteiger partial charge in [-0.15, -0.1) is 0 Å². The lowest BCUT2D eigenvalue weighted by molar-refractivity contribution is -0.167. The van der Waals surface area contributed by atoms with Crippen LogP contribution >= 0.6 is 0 Å². The van der Waals surface area contributed by atoms with Gasteiger partial charge in [0.2, 0.25) is 0 Å². The van der Waals surface area contributed by atoms with Crippen LogP contribution in [0.15, 0.2) is 109 Å². The third kappa shape index (κ3) is 47.0. The summed E-state index contributed by atoms with van der Waals surface area (Å²) < 4.78 is 16.6. The minimum Gasteiger partial charge on any atom is -0.462 e. The molecule has 0 aromatic heterocycles. The fourth-order valence-electron chi connectivity index (χ4n) is 6.24. The van der Waals surface area contributed by atoms with E-state index in [1.807, 2.05) is 54.7 Å². The number of carbonyl (C=O) groups excluding carboxylic acids is 3. The highest BCUT2D eigenvalue weighted by atomic mass is 16.6. The zero-order chi connectivity index (χ0) is 44.4. The van der Waals surface area contributed by atoms with Gasteiger partial charge < -0.3 is 14.2 Å². The van der Waals surface area contributed by atoms with Crippen LogP contribution in [0.3, 0.4) is 0 Å². The van der Waals surface area contributed by atoms with Crippen LogP contribution in [0.2, 0.25) is 0 Å². The van der Waals surface area contributed by atoms with E-state index in [-0.39, 0.29) is 38.0 Å². The van der Waals surface area contributed by atoms with Gasteiger partial charge in [0, 0.05) is 19.3 Å². The van der Waals surface area contributed by atoms with Crippen LogP contribution in [0.4, 0.5) is 0 Å². The van der Waals surface area contributed by atoms with E-state index in [2.05, 4.69) is 75.5 Å². The molecule has 0 spiro atoms. The number of ether oxygens (including phenoxy) is 3. The Labute approximate surface area is 374 Å². The van der Waals surface area contributed by atoms with E-state index in [1.165, 1.54) is 70.6 Å². The number of hydrogen-bond donors (Lipinski definition) is 0. The maximum Gasteiger partial charge on any atom is 0.306 e. The molecule has 0 aliphatic heterocycles. The highest BCUT2D eigenvalue weighted by molar-refractivity contribution is 5.71. The molecule has 0 rings (SSSR count). The molecule has 0 bridgehead atoms. The second-order valence-corrected chi connectivity index (χ2v) is 15.7. The predicted molar refractivity (Wildman–Crippen MR) is 260 cm³/mol. The molecule has 0 radical (unpaired) electrons. The van der Waals surface area contributed by atoms with Gasteiger partial charge in [0.1, 0.15) is 13.2 Å². The largest absolute Gasteiger partial charge is 0.462 e. The minimum absolute atomic E-state index is 0.125. The molecular formula is C55H88O6. The van der Waals surface area contributed by atoms with Crippen molar-refractivity contribution in [3.05, 3.63) is 109 Å². The highest BCUT2D eigenvalue weighted by Gasteiger charge is 2.19. The number of allylic oxidation sites excluding steroid dienone is 18. The quantitative estimate of drug-likeness (QED) is 0.0200. The molecule has 6 heteroatoms. The van der Waals surface area contributed by atoms with Crippen LogP contribution < -0.4 is 0 Å². The zero-order valence-electron chi connectivity index (χ0n) is 39.1. The SMILES string of the molecule is CC\C=C/C=C\C=C/C=C\C=C/CCCC(=O)OC(COC(=O)CCCC/C=C\C/C=C\C/C=C\CC)COC(=O)CCCCCCC/C=C\CCCCCCCCCCC. The molecule has 344 valence electrons. The first kappa shape index (κ1) is 57.1. The fourth-order valence-corrected chi connectivity index (χ4v) is 6.24. The van der Waals surface area contributed by atoms with Crippen LogP contribution in [0.1, 0.15) is 201 Å². The summed E-state index contributed by atoms with van der Waals surface area (Å²) >= 11 is 0. The van der Waals surface area contributed by atoms with Gasteiger partial charge in [-0.3, -0.25) is 14.4 Å². The van der Waals surface area contributed by atoms with Crippen LogP contribution in [0.5, 0.6) is 0 Å². The lowest BCUT2D eigenvalue weighted by Gasteiger charge is -2.18. The normalized spacial score (nSPS) is 13.0. The molecule has 0 heterocycles. The molecule has 1 unspecified atom stereocenters. The predicted octanol–water partition coefficient (Wildman–Crippen LogP) is 16.0. The van der Waals surface area contributed by atoms with Crippen LogP contribution in [-0.2, 0) is 28.6 Å². The van der Waals surface area contributed by atoms with Crippen molar-refractivity contribution in [1.29, 1.82) is 0 Å². The van der Waals surface area contributed by atoms with Crippen molar-refractivity contribution in [3.63, 3.8) is 0 Å². The third-order valence-electron chi connectivity index (χ3n) is 9.87. The standard InChI is InChI=1S/C55H88O6/c1-4-7-10-13-16-19-22-25-26-27-28-29-31-33-36-39-42-45-48-54(57)60-51-52(50-59-53(56)47-44-41-38-35-32-24-21-18-15-12-9-6-3)61-55(58)49-46-43-40-37-34-30-23-20-17-14-11-8-5-2/h8-9,11-12,14,17-18,20-21,23,28-30,32,34-35,37,40,52H,4-7,10,13,15-16,19,22,24-27,31,33,36,38-39,41-51H2,1-3H3/b11-8-,12-9-,17-14-,21-18-,23-20-,29-28-,34-30-,35-32-,40-37-. The van der Waals surface area contributed by atoms with Gasteiger partial charge in [-0.05, 0) is 89.9 Å². The van der Waals surface area contributed by atoms with Gasteiger partial charge in [0.05, 0.1) is 0 Å². The Kier molecular flexibility index (Phi) is 45.6. The maximum atomic E-state index is 12.7. The molecule has 0 aliphatic rings. The number of carbonyl (C=O) groups is 3. The first-order chi connectivity index (χ1) is 30.0. The number of esters is 3. The van der Waals surface area contributed by atoms with Crippen LogP contribution in [0.25, 0.3) is 0 Å². The molecule has 6 nitrogen and oxygen atoms in total.